The van der Waals surface area contributed by atoms with Crippen molar-refractivity contribution in [2.24, 2.45) is 0 Å². The summed E-state index contributed by atoms with van der Waals surface area (Å²) < 4.78 is 4.69. The van der Waals surface area contributed by atoms with Gasteiger partial charge in [-0.05, 0) is 18.2 Å². The van der Waals surface area contributed by atoms with Gasteiger partial charge in [-0.1, -0.05) is 0 Å². The average Bonchev–Trinajstić information content (AvgIpc) is 2.85. The molecule has 0 radical (unpaired) electrons. The SMILES string of the molecule is COC(=O)c1cc[nH]c1CNCCSCCCO. The number of methoxy groups -OCH3 is 1. The molecule has 6 heteroatoms. The lowest BCUT2D eigenvalue weighted by Crippen LogP contribution is -2.19. The molecular formula is C12H20N2O3S. The van der Waals surface area contributed by atoms with E-state index >= 15 is 0 Å². The Balaban J connectivity index is 2.19. The third-order valence-electron chi connectivity index (χ3n) is 2.41. The summed E-state index contributed by atoms with van der Waals surface area (Å²) in [6.45, 7) is 1.75. The number of thioether (sulfide) groups is 1. The van der Waals surface area contributed by atoms with Crippen LogP contribution in [0.15, 0.2) is 12.3 Å². The third kappa shape index (κ3) is 5.12. The van der Waals surface area contributed by atoms with E-state index in [-0.39, 0.29) is 12.6 Å². The van der Waals surface area contributed by atoms with Gasteiger partial charge in [-0.25, -0.2) is 4.79 Å². The highest BCUT2D eigenvalue weighted by molar-refractivity contribution is 7.99. The van der Waals surface area contributed by atoms with E-state index < -0.39 is 0 Å². The van der Waals surface area contributed by atoms with Gasteiger partial charge in [-0.2, -0.15) is 11.8 Å². The molecule has 0 bridgehead atoms. The van der Waals surface area contributed by atoms with Crippen LogP contribution >= 0.6 is 11.8 Å². The second kappa shape index (κ2) is 9.02. The van der Waals surface area contributed by atoms with Crippen molar-refractivity contribution in [3.8, 4) is 0 Å². The number of H-pyrrole nitrogens is 1. The zero-order chi connectivity index (χ0) is 13.2. The number of rotatable bonds is 9. The molecule has 18 heavy (non-hydrogen) atoms. The van der Waals surface area contributed by atoms with E-state index in [9.17, 15) is 4.79 Å². The lowest BCUT2D eigenvalue weighted by atomic mass is 10.2. The average molecular weight is 272 g/mol. The Kier molecular flexibility index (Phi) is 7.55. The smallest absolute Gasteiger partial charge is 0.339 e. The number of aromatic nitrogens is 1. The molecule has 0 aliphatic carbocycles. The van der Waals surface area contributed by atoms with Gasteiger partial charge in [0.1, 0.15) is 0 Å². The summed E-state index contributed by atoms with van der Waals surface area (Å²) >= 11 is 1.81. The molecule has 102 valence electrons. The van der Waals surface area contributed by atoms with Crippen LogP contribution in [0.25, 0.3) is 0 Å². The first kappa shape index (κ1) is 15.1. The van der Waals surface area contributed by atoms with Crippen molar-refractivity contribution in [1.82, 2.24) is 10.3 Å². The van der Waals surface area contributed by atoms with Crippen LogP contribution in [0.3, 0.4) is 0 Å². The molecular weight excluding hydrogens is 252 g/mol. The molecule has 1 aromatic rings. The van der Waals surface area contributed by atoms with Crippen LogP contribution in [-0.4, -0.2) is 47.8 Å². The second-order valence-electron chi connectivity index (χ2n) is 3.73. The minimum atomic E-state index is -0.314. The van der Waals surface area contributed by atoms with Crippen LogP contribution in [0.5, 0.6) is 0 Å². The van der Waals surface area contributed by atoms with Crippen LogP contribution in [0.4, 0.5) is 0 Å². The first-order valence-electron chi connectivity index (χ1n) is 5.93. The summed E-state index contributed by atoms with van der Waals surface area (Å²) in [6, 6.07) is 1.72. The molecule has 0 aliphatic heterocycles. The van der Waals surface area contributed by atoms with E-state index in [1.165, 1.54) is 7.11 Å². The first-order valence-corrected chi connectivity index (χ1v) is 7.09. The highest BCUT2D eigenvalue weighted by Crippen LogP contribution is 2.08. The number of carbonyl (C=O) groups excluding carboxylic acids is 1. The Hall–Kier alpha value is -0.980. The van der Waals surface area contributed by atoms with E-state index in [4.69, 9.17) is 9.84 Å². The third-order valence-corrected chi connectivity index (χ3v) is 3.48. The van der Waals surface area contributed by atoms with Crippen molar-refractivity contribution in [1.29, 1.82) is 0 Å². The fraction of sp³-hybridized carbons (Fsp3) is 0.583. The standard InChI is InChI=1S/C12H20N2O3S/c1-17-12(16)10-3-4-14-11(10)9-13-5-8-18-7-2-6-15/h3-4,13-15H,2,5-9H2,1H3. The van der Waals surface area contributed by atoms with Gasteiger partial charge >= 0.3 is 5.97 Å². The van der Waals surface area contributed by atoms with Crippen LogP contribution in [0, 0.1) is 0 Å². The normalized spacial score (nSPS) is 10.6. The molecule has 0 saturated heterocycles. The second-order valence-corrected chi connectivity index (χ2v) is 4.95. The number of aliphatic hydroxyl groups excluding tert-OH is 1. The minimum absolute atomic E-state index is 0.255. The van der Waals surface area contributed by atoms with Gasteiger partial charge in [0.2, 0.25) is 0 Å². The summed E-state index contributed by atoms with van der Waals surface area (Å²) in [7, 11) is 1.38. The Morgan fingerprint density at radius 2 is 2.39 bits per heavy atom. The van der Waals surface area contributed by atoms with E-state index in [0.29, 0.717) is 12.1 Å². The highest BCUT2D eigenvalue weighted by atomic mass is 32.2. The van der Waals surface area contributed by atoms with Crippen molar-refractivity contribution in [3.63, 3.8) is 0 Å². The topological polar surface area (TPSA) is 74.4 Å². The maximum Gasteiger partial charge on any atom is 0.339 e. The van der Waals surface area contributed by atoms with Crippen molar-refractivity contribution < 1.29 is 14.6 Å². The molecule has 0 saturated carbocycles. The number of esters is 1. The maximum absolute atomic E-state index is 11.4. The van der Waals surface area contributed by atoms with E-state index in [2.05, 4.69) is 10.3 Å². The van der Waals surface area contributed by atoms with Gasteiger partial charge < -0.3 is 20.1 Å². The Morgan fingerprint density at radius 3 is 3.11 bits per heavy atom. The van der Waals surface area contributed by atoms with Crippen molar-refractivity contribution in [3.05, 3.63) is 23.5 Å². The molecule has 0 spiro atoms. The fourth-order valence-corrected chi connectivity index (χ4v) is 2.30. The van der Waals surface area contributed by atoms with Crippen molar-refractivity contribution >= 4 is 17.7 Å². The number of ether oxygens (including phenoxy) is 1. The molecule has 3 N–H and O–H groups in total. The zero-order valence-electron chi connectivity index (χ0n) is 10.6. The van der Waals surface area contributed by atoms with Gasteiger partial charge in [-0.3, -0.25) is 0 Å². The van der Waals surface area contributed by atoms with Gasteiger partial charge in [0.15, 0.2) is 0 Å². The number of hydrogen-bond acceptors (Lipinski definition) is 5. The fourth-order valence-electron chi connectivity index (χ4n) is 1.48. The molecule has 1 heterocycles. The quantitative estimate of drug-likeness (QED) is 0.462. The number of aliphatic hydroxyl groups is 1. The van der Waals surface area contributed by atoms with Gasteiger partial charge in [0.25, 0.3) is 0 Å². The lowest BCUT2D eigenvalue weighted by Gasteiger charge is -2.05. The monoisotopic (exact) mass is 272 g/mol. The highest BCUT2D eigenvalue weighted by Gasteiger charge is 2.11. The van der Waals surface area contributed by atoms with E-state index in [1.807, 2.05) is 0 Å². The lowest BCUT2D eigenvalue weighted by molar-refractivity contribution is 0.0599. The van der Waals surface area contributed by atoms with Gasteiger partial charge in [-0.15, -0.1) is 0 Å². The summed E-state index contributed by atoms with van der Waals surface area (Å²) in [5.74, 6) is 1.66. The van der Waals surface area contributed by atoms with Crippen LogP contribution in [0.2, 0.25) is 0 Å². The summed E-state index contributed by atoms with van der Waals surface area (Å²) in [5.41, 5.74) is 1.43. The Labute approximate surface area is 111 Å². The number of aromatic amines is 1. The molecule has 0 aromatic carbocycles. The van der Waals surface area contributed by atoms with Crippen LogP contribution in [0.1, 0.15) is 22.5 Å². The molecule has 1 aromatic heterocycles. The van der Waals surface area contributed by atoms with E-state index in [1.54, 1.807) is 24.0 Å². The summed E-state index contributed by atoms with van der Waals surface area (Å²) in [4.78, 5) is 14.4. The largest absolute Gasteiger partial charge is 0.465 e. The minimum Gasteiger partial charge on any atom is -0.465 e. The van der Waals surface area contributed by atoms with Crippen molar-refractivity contribution in [2.45, 2.75) is 13.0 Å². The van der Waals surface area contributed by atoms with Crippen LogP contribution < -0.4 is 5.32 Å². The predicted molar refractivity (Wildman–Crippen MR) is 72.9 cm³/mol. The maximum atomic E-state index is 11.4. The van der Waals surface area contributed by atoms with Gasteiger partial charge in [0, 0.05) is 37.3 Å². The zero-order valence-corrected chi connectivity index (χ0v) is 11.4. The molecule has 0 aliphatic rings. The Bertz CT molecular complexity index is 355. The molecule has 0 fully saturated rings. The Morgan fingerprint density at radius 1 is 1.56 bits per heavy atom. The summed E-state index contributed by atoms with van der Waals surface area (Å²) in [5, 5.41) is 11.9. The number of nitrogens with one attached hydrogen (secondary N) is 2. The summed E-state index contributed by atoms with van der Waals surface area (Å²) in [6.07, 6.45) is 2.58. The van der Waals surface area contributed by atoms with Crippen LogP contribution in [-0.2, 0) is 11.3 Å². The van der Waals surface area contributed by atoms with E-state index in [0.717, 1.165) is 30.2 Å². The molecule has 5 nitrogen and oxygen atoms in total. The molecule has 0 atom stereocenters. The van der Waals surface area contributed by atoms with Gasteiger partial charge in [0.05, 0.1) is 12.7 Å². The first-order chi connectivity index (χ1) is 8.79. The number of hydrogen-bond donors (Lipinski definition) is 3. The number of carbonyl (C=O) groups is 1. The molecule has 0 unspecified atom stereocenters. The predicted octanol–water partition coefficient (Wildman–Crippen LogP) is 1.01. The van der Waals surface area contributed by atoms with Crippen molar-refractivity contribution in [2.75, 3.05) is 31.8 Å². The molecule has 0 amide bonds. The molecule has 1 rings (SSSR count).